The molecule has 2 aromatic rings. The fourth-order valence-corrected chi connectivity index (χ4v) is 3.85. The summed E-state index contributed by atoms with van der Waals surface area (Å²) in [4.78, 5) is 28.3. The van der Waals surface area contributed by atoms with Gasteiger partial charge in [0.25, 0.3) is 11.8 Å². The molecule has 6 heteroatoms. The van der Waals surface area contributed by atoms with Crippen LogP contribution in [0.25, 0.3) is 0 Å². The smallest absolute Gasteiger partial charge is 0.258 e. The minimum atomic E-state index is -0.319. The van der Waals surface area contributed by atoms with Gasteiger partial charge in [0.05, 0.1) is 12.8 Å². The molecule has 3 rings (SSSR count). The summed E-state index contributed by atoms with van der Waals surface area (Å²) >= 11 is 1.70. The summed E-state index contributed by atoms with van der Waals surface area (Å²) in [5.74, 6) is 1.31. The molecule has 0 atom stereocenters. The highest BCUT2D eigenvalue weighted by Gasteiger charge is 2.26. The zero-order valence-electron chi connectivity index (χ0n) is 16.0. The second-order valence-corrected chi connectivity index (χ2v) is 8.56. The molecule has 0 saturated heterocycles. The molecule has 0 saturated carbocycles. The lowest BCUT2D eigenvalue weighted by Gasteiger charge is -2.30. The molecule has 1 heterocycles. The summed E-state index contributed by atoms with van der Waals surface area (Å²) in [5, 5.41) is 2.97. The van der Waals surface area contributed by atoms with Crippen molar-refractivity contribution < 1.29 is 14.3 Å². The predicted octanol–water partition coefficient (Wildman–Crippen LogP) is 3.98. The Hall–Kier alpha value is -2.47. The van der Waals surface area contributed by atoms with Gasteiger partial charge in [-0.05, 0) is 63.2 Å². The van der Waals surface area contributed by atoms with Gasteiger partial charge in [0, 0.05) is 33.9 Å². The third kappa shape index (κ3) is 4.45. The Kier molecular flexibility index (Phi) is 5.46. The molecule has 0 spiro atoms. The quantitative estimate of drug-likeness (QED) is 0.870. The SMILES string of the molecule is COc1ccc(C(=O)N2CCSc3ccc(C(=O)NC(C)(C)C)cc32)cc1. The first-order valence-electron chi connectivity index (χ1n) is 8.84. The molecule has 1 aliphatic heterocycles. The molecule has 0 aliphatic carbocycles. The van der Waals surface area contributed by atoms with Gasteiger partial charge in [0.1, 0.15) is 5.75 Å². The largest absolute Gasteiger partial charge is 0.497 e. The first kappa shape index (κ1) is 19.3. The van der Waals surface area contributed by atoms with Crippen molar-refractivity contribution in [1.29, 1.82) is 0 Å². The summed E-state index contributed by atoms with van der Waals surface area (Å²) < 4.78 is 5.16. The molecule has 1 aliphatic rings. The van der Waals surface area contributed by atoms with E-state index in [4.69, 9.17) is 4.74 Å². The van der Waals surface area contributed by atoms with Gasteiger partial charge in [-0.25, -0.2) is 0 Å². The van der Waals surface area contributed by atoms with E-state index in [1.807, 2.05) is 39.0 Å². The average Bonchev–Trinajstić information content (AvgIpc) is 2.65. The van der Waals surface area contributed by atoms with Crippen molar-refractivity contribution >= 4 is 29.3 Å². The number of methoxy groups -OCH3 is 1. The maximum absolute atomic E-state index is 13.0. The highest BCUT2D eigenvalue weighted by Crippen LogP contribution is 2.36. The Morgan fingerprint density at radius 1 is 1.07 bits per heavy atom. The first-order valence-corrected chi connectivity index (χ1v) is 9.82. The van der Waals surface area contributed by atoms with E-state index in [-0.39, 0.29) is 17.4 Å². The molecule has 142 valence electrons. The summed E-state index contributed by atoms with van der Waals surface area (Å²) in [7, 11) is 1.60. The maximum Gasteiger partial charge on any atom is 0.258 e. The average molecular weight is 385 g/mol. The third-order valence-corrected chi connectivity index (χ3v) is 5.20. The standard InChI is InChI=1S/C21H24N2O3S/c1-21(2,3)22-19(24)15-7-10-18-17(13-15)23(11-12-27-18)20(25)14-5-8-16(26-4)9-6-14/h5-10,13H,11-12H2,1-4H3,(H,22,24). The van der Waals surface area contributed by atoms with Crippen molar-refractivity contribution in [3.63, 3.8) is 0 Å². The number of carbonyl (C=O) groups excluding carboxylic acids is 2. The van der Waals surface area contributed by atoms with E-state index in [1.54, 1.807) is 48.0 Å². The molecular formula is C21H24N2O3S. The highest BCUT2D eigenvalue weighted by molar-refractivity contribution is 7.99. The fourth-order valence-electron chi connectivity index (χ4n) is 2.87. The molecule has 1 N–H and O–H groups in total. The maximum atomic E-state index is 13.0. The van der Waals surface area contributed by atoms with E-state index in [0.29, 0.717) is 23.4 Å². The van der Waals surface area contributed by atoms with Gasteiger partial charge in [-0.15, -0.1) is 11.8 Å². The van der Waals surface area contributed by atoms with Gasteiger partial charge in [-0.3, -0.25) is 9.59 Å². The van der Waals surface area contributed by atoms with Crippen LogP contribution in [0, 0.1) is 0 Å². The Labute approximate surface area is 164 Å². The van der Waals surface area contributed by atoms with Gasteiger partial charge < -0.3 is 15.0 Å². The van der Waals surface area contributed by atoms with E-state index >= 15 is 0 Å². The van der Waals surface area contributed by atoms with Gasteiger partial charge >= 0.3 is 0 Å². The Morgan fingerprint density at radius 3 is 2.37 bits per heavy atom. The number of nitrogens with one attached hydrogen (secondary N) is 1. The minimum absolute atomic E-state index is 0.0763. The minimum Gasteiger partial charge on any atom is -0.497 e. The van der Waals surface area contributed by atoms with Crippen molar-refractivity contribution in [3.05, 3.63) is 53.6 Å². The van der Waals surface area contributed by atoms with Crippen molar-refractivity contribution in [1.82, 2.24) is 5.32 Å². The number of nitrogens with zero attached hydrogens (tertiary/aromatic N) is 1. The number of rotatable bonds is 3. The second kappa shape index (κ2) is 7.64. The Bertz CT molecular complexity index is 857. The summed E-state index contributed by atoms with van der Waals surface area (Å²) in [5.41, 5.74) is 1.62. The zero-order chi connectivity index (χ0) is 19.6. The van der Waals surface area contributed by atoms with Gasteiger partial charge in [0.2, 0.25) is 0 Å². The van der Waals surface area contributed by atoms with Crippen LogP contribution in [0.4, 0.5) is 5.69 Å². The number of hydrogen-bond donors (Lipinski definition) is 1. The lowest BCUT2D eigenvalue weighted by atomic mass is 10.1. The normalized spacial score (nSPS) is 13.7. The molecule has 0 unspecified atom stereocenters. The number of anilines is 1. The number of carbonyl (C=O) groups is 2. The van der Waals surface area contributed by atoms with Crippen molar-refractivity contribution in [3.8, 4) is 5.75 Å². The number of ether oxygens (including phenoxy) is 1. The number of fused-ring (bicyclic) bond motifs is 1. The van der Waals surface area contributed by atoms with E-state index in [0.717, 1.165) is 16.3 Å². The molecule has 2 amide bonds. The van der Waals surface area contributed by atoms with E-state index in [1.165, 1.54) is 0 Å². The number of benzene rings is 2. The highest BCUT2D eigenvalue weighted by atomic mass is 32.2. The van der Waals surface area contributed by atoms with Crippen LogP contribution in [0.2, 0.25) is 0 Å². The van der Waals surface area contributed by atoms with Crippen LogP contribution in [0.1, 0.15) is 41.5 Å². The fraction of sp³-hybridized carbons (Fsp3) is 0.333. The lowest BCUT2D eigenvalue weighted by molar-refractivity contribution is 0.0917. The van der Waals surface area contributed by atoms with Crippen LogP contribution in [-0.2, 0) is 0 Å². The summed E-state index contributed by atoms with van der Waals surface area (Å²) in [6.07, 6.45) is 0. The molecule has 0 bridgehead atoms. The number of amides is 2. The van der Waals surface area contributed by atoms with Crippen LogP contribution in [0.5, 0.6) is 5.75 Å². The summed E-state index contributed by atoms with van der Waals surface area (Å²) in [6.45, 7) is 6.43. The molecule has 27 heavy (non-hydrogen) atoms. The van der Waals surface area contributed by atoms with Gasteiger partial charge in [0.15, 0.2) is 0 Å². The zero-order valence-corrected chi connectivity index (χ0v) is 16.9. The van der Waals surface area contributed by atoms with Crippen molar-refractivity contribution in [2.24, 2.45) is 0 Å². The van der Waals surface area contributed by atoms with Crippen LogP contribution in [-0.4, -0.2) is 36.8 Å². The molecule has 0 fully saturated rings. The van der Waals surface area contributed by atoms with E-state index in [2.05, 4.69) is 5.32 Å². The molecule has 0 aromatic heterocycles. The third-order valence-electron chi connectivity index (χ3n) is 4.16. The van der Waals surface area contributed by atoms with Crippen LogP contribution >= 0.6 is 11.8 Å². The molecular weight excluding hydrogens is 360 g/mol. The number of thioether (sulfide) groups is 1. The number of hydrogen-bond acceptors (Lipinski definition) is 4. The second-order valence-electron chi connectivity index (χ2n) is 7.42. The van der Waals surface area contributed by atoms with Crippen LogP contribution < -0.4 is 15.0 Å². The lowest BCUT2D eigenvalue weighted by Crippen LogP contribution is -2.41. The Morgan fingerprint density at radius 2 is 1.74 bits per heavy atom. The topological polar surface area (TPSA) is 58.6 Å². The van der Waals surface area contributed by atoms with Crippen LogP contribution in [0.15, 0.2) is 47.4 Å². The Balaban J connectivity index is 1.90. The summed E-state index contributed by atoms with van der Waals surface area (Å²) in [6, 6.07) is 12.6. The van der Waals surface area contributed by atoms with E-state index < -0.39 is 0 Å². The van der Waals surface area contributed by atoms with Crippen molar-refractivity contribution in [2.75, 3.05) is 24.3 Å². The van der Waals surface area contributed by atoms with E-state index in [9.17, 15) is 9.59 Å². The molecule has 2 aromatic carbocycles. The molecule has 0 radical (unpaired) electrons. The van der Waals surface area contributed by atoms with Crippen molar-refractivity contribution in [2.45, 2.75) is 31.2 Å². The monoisotopic (exact) mass is 384 g/mol. The van der Waals surface area contributed by atoms with Gasteiger partial charge in [-0.2, -0.15) is 0 Å². The molecule has 5 nitrogen and oxygen atoms in total. The van der Waals surface area contributed by atoms with Crippen LogP contribution in [0.3, 0.4) is 0 Å². The van der Waals surface area contributed by atoms with Gasteiger partial charge in [-0.1, -0.05) is 0 Å². The first-order chi connectivity index (χ1) is 12.8. The predicted molar refractivity (Wildman–Crippen MR) is 109 cm³/mol.